The molecule has 0 heterocycles. The largest absolute Gasteiger partial charge is 2.00 e. The molecule has 0 rings (SSSR count). The molecule has 0 spiro atoms. The SMILES string of the molecule is CCCCCCCCCCCCCCCCCC(=O)[O-].CCCCCCCCCCCCCCCCCC(=O)[O-].CCCCCCCCCCCCCCCCCC(=O)[O-].CCCCCCCCCCCCCCCCCC(=O)[O-].[K+].[K+].[Zn+2]. The number of carbonyl (C=O) groups is 4. The number of carboxylic acid groups (broad SMARTS) is 4. The molecule has 0 aliphatic heterocycles. The number of aliphatic carboxylic acids is 4. The predicted molar refractivity (Wildman–Crippen MR) is 338 cm³/mol. The van der Waals surface area contributed by atoms with Gasteiger partial charge < -0.3 is 39.6 Å². The Morgan fingerprint density at radius 2 is 0.241 bits per heavy atom. The Labute approximate surface area is 616 Å². The Morgan fingerprint density at radius 1 is 0.169 bits per heavy atom. The summed E-state index contributed by atoms with van der Waals surface area (Å²) in [4.78, 5) is 40.9. The standard InChI is InChI=1S/4C18H36O2.2K.Zn/c4*1-2-3-4-5-6-7-8-9-10-11-12-13-14-15-16-17-18(19)20;;;/h4*2-17H2,1H3,(H,19,20);;;/q;;;;2*+1;+2/p-4. The van der Waals surface area contributed by atoms with E-state index in [1.165, 1.54) is 334 Å². The fourth-order valence-electron chi connectivity index (χ4n) is 10.6. The van der Waals surface area contributed by atoms with Gasteiger partial charge in [0, 0.05) is 23.9 Å². The maximum absolute atomic E-state index is 10.2. The molecule has 0 fully saturated rings. The summed E-state index contributed by atoms with van der Waals surface area (Å²) in [5.41, 5.74) is 0. The zero-order valence-electron chi connectivity index (χ0n) is 57.2. The number of hydrogen-bond donors (Lipinski definition) is 0. The van der Waals surface area contributed by atoms with Crippen LogP contribution in [0.15, 0.2) is 0 Å². The summed E-state index contributed by atoms with van der Waals surface area (Å²) in [7, 11) is 0. The van der Waals surface area contributed by atoms with Gasteiger partial charge >= 0.3 is 122 Å². The van der Waals surface area contributed by atoms with Crippen molar-refractivity contribution in [1.82, 2.24) is 0 Å². The molecule has 0 amide bonds. The third kappa shape index (κ3) is 115. The van der Waals surface area contributed by atoms with E-state index in [1.54, 1.807) is 0 Å². The normalized spacial score (nSPS) is 10.5. The van der Waals surface area contributed by atoms with Crippen molar-refractivity contribution in [2.24, 2.45) is 0 Å². The maximum atomic E-state index is 10.2. The Kier molecular flexibility index (Phi) is 112. The first-order valence-electron chi connectivity index (χ1n) is 35.9. The molecule has 0 aliphatic carbocycles. The molecule has 0 saturated carbocycles. The van der Waals surface area contributed by atoms with E-state index in [1.807, 2.05) is 0 Å². The van der Waals surface area contributed by atoms with Crippen molar-refractivity contribution in [2.75, 3.05) is 0 Å². The van der Waals surface area contributed by atoms with E-state index in [4.69, 9.17) is 0 Å². The molecular formula is C72H140K2O8Zn. The van der Waals surface area contributed by atoms with Crippen LogP contribution in [0.5, 0.6) is 0 Å². The molecule has 0 atom stereocenters. The Bertz CT molecular complexity index is 1000. The van der Waals surface area contributed by atoms with Gasteiger partial charge in [0.05, 0.1) is 0 Å². The first-order chi connectivity index (χ1) is 39.1. The zero-order chi connectivity index (χ0) is 59.6. The van der Waals surface area contributed by atoms with E-state index in [0.717, 1.165) is 51.4 Å². The molecule has 11 heteroatoms. The summed E-state index contributed by atoms with van der Waals surface area (Å²) in [6, 6.07) is 0. The molecule has 0 saturated heterocycles. The smallest absolute Gasteiger partial charge is 0.550 e. The van der Waals surface area contributed by atoms with Crippen molar-refractivity contribution in [2.45, 2.75) is 439 Å². The molecule has 0 bridgehead atoms. The third-order valence-corrected chi connectivity index (χ3v) is 15.9. The fraction of sp³-hybridized carbons (Fsp3) is 0.944. The quantitative estimate of drug-likeness (QED) is 0.0430. The van der Waals surface area contributed by atoms with E-state index in [9.17, 15) is 39.6 Å². The van der Waals surface area contributed by atoms with Crippen LogP contribution in [-0.2, 0) is 38.7 Å². The molecule has 0 unspecified atom stereocenters. The van der Waals surface area contributed by atoms with Crippen molar-refractivity contribution < 1.29 is 162 Å². The fourth-order valence-corrected chi connectivity index (χ4v) is 10.6. The van der Waals surface area contributed by atoms with Crippen LogP contribution >= 0.6 is 0 Å². The monoisotopic (exact) mass is 1270 g/mol. The van der Waals surface area contributed by atoms with Gasteiger partial charge in [-0.1, -0.05) is 387 Å². The van der Waals surface area contributed by atoms with Gasteiger partial charge in [0.25, 0.3) is 0 Å². The van der Waals surface area contributed by atoms with Crippen LogP contribution in [-0.4, -0.2) is 23.9 Å². The van der Waals surface area contributed by atoms with E-state index < -0.39 is 23.9 Å². The van der Waals surface area contributed by atoms with Crippen molar-refractivity contribution >= 4 is 23.9 Å². The molecule has 480 valence electrons. The summed E-state index contributed by atoms with van der Waals surface area (Å²) < 4.78 is 0. The van der Waals surface area contributed by atoms with Gasteiger partial charge in [-0.15, -0.1) is 0 Å². The second-order valence-electron chi connectivity index (χ2n) is 24.3. The van der Waals surface area contributed by atoms with Gasteiger partial charge in [0.2, 0.25) is 0 Å². The zero-order valence-corrected chi connectivity index (χ0v) is 66.4. The first-order valence-corrected chi connectivity index (χ1v) is 35.9. The number of rotatable bonds is 64. The van der Waals surface area contributed by atoms with Crippen LogP contribution in [0.4, 0.5) is 0 Å². The number of carbonyl (C=O) groups excluding carboxylic acids is 4. The van der Waals surface area contributed by atoms with E-state index in [0.29, 0.717) is 0 Å². The van der Waals surface area contributed by atoms with Crippen LogP contribution in [0.3, 0.4) is 0 Å². The Balaban J connectivity index is -0.000000183. The van der Waals surface area contributed by atoms with Crippen molar-refractivity contribution in [3.05, 3.63) is 0 Å². The minimum absolute atomic E-state index is 0. The van der Waals surface area contributed by atoms with Gasteiger partial charge in [-0.2, -0.15) is 0 Å². The maximum Gasteiger partial charge on any atom is 2.00 e. The number of unbranched alkanes of at least 4 members (excludes halogenated alkanes) is 56. The minimum Gasteiger partial charge on any atom is -0.550 e. The average Bonchev–Trinajstić information content (AvgIpc) is 3.43. The molecular weight excluding hydrogens is 1140 g/mol. The van der Waals surface area contributed by atoms with Crippen molar-refractivity contribution in [3.8, 4) is 0 Å². The first kappa shape index (κ1) is 98.4. The third-order valence-electron chi connectivity index (χ3n) is 15.9. The number of carboxylic acids is 4. The van der Waals surface area contributed by atoms with Gasteiger partial charge in [-0.25, -0.2) is 0 Å². The molecule has 8 nitrogen and oxygen atoms in total. The summed E-state index contributed by atoms with van der Waals surface area (Å²) >= 11 is 0. The van der Waals surface area contributed by atoms with Crippen molar-refractivity contribution in [1.29, 1.82) is 0 Å². The van der Waals surface area contributed by atoms with Crippen LogP contribution in [0.1, 0.15) is 439 Å². The second kappa shape index (κ2) is 94.9. The summed E-state index contributed by atoms with van der Waals surface area (Å²) in [6.07, 6.45) is 79.4. The van der Waals surface area contributed by atoms with Crippen molar-refractivity contribution in [3.63, 3.8) is 0 Å². The molecule has 0 aromatic rings. The summed E-state index contributed by atoms with van der Waals surface area (Å²) in [6.45, 7) is 9.07. The van der Waals surface area contributed by atoms with Crippen LogP contribution in [0, 0.1) is 0 Å². The van der Waals surface area contributed by atoms with Crippen LogP contribution < -0.4 is 123 Å². The van der Waals surface area contributed by atoms with Crippen LogP contribution in [0.25, 0.3) is 0 Å². The Morgan fingerprint density at radius 3 is 0.313 bits per heavy atom. The molecule has 83 heavy (non-hydrogen) atoms. The minimum atomic E-state index is -0.903. The van der Waals surface area contributed by atoms with E-state index in [-0.39, 0.29) is 148 Å². The van der Waals surface area contributed by atoms with Gasteiger partial charge in [-0.3, -0.25) is 0 Å². The Hall–Kier alpha value is 1.78. The molecule has 0 N–H and O–H groups in total. The predicted octanol–water partition coefficient (Wildman–Crippen LogP) is 14.0. The molecule has 0 aliphatic rings. The van der Waals surface area contributed by atoms with E-state index in [2.05, 4.69) is 27.7 Å². The topological polar surface area (TPSA) is 161 Å². The number of hydrogen-bond acceptors (Lipinski definition) is 8. The second-order valence-corrected chi connectivity index (χ2v) is 24.3. The van der Waals surface area contributed by atoms with Gasteiger partial charge in [0.1, 0.15) is 0 Å². The van der Waals surface area contributed by atoms with Gasteiger partial charge in [-0.05, 0) is 51.4 Å². The molecule has 0 aromatic carbocycles. The van der Waals surface area contributed by atoms with E-state index >= 15 is 0 Å². The van der Waals surface area contributed by atoms with Crippen LogP contribution in [0.2, 0.25) is 0 Å². The molecule has 0 radical (unpaired) electrons. The summed E-state index contributed by atoms with van der Waals surface area (Å²) in [5, 5.41) is 40.9. The average molecular weight is 1280 g/mol. The summed E-state index contributed by atoms with van der Waals surface area (Å²) in [5.74, 6) is -3.61. The molecule has 0 aromatic heterocycles. The van der Waals surface area contributed by atoms with Gasteiger partial charge in [0.15, 0.2) is 0 Å².